The van der Waals surface area contributed by atoms with Crippen LogP contribution in [0.1, 0.15) is 15.9 Å². The summed E-state index contributed by atoms with van der Waals surface area (Å²) in [6.07, 6.45) is 4.07. The van der Waals surface area contributed by atoms with Crippen LogP contribution in [0.25, 0.3) is 22.3 Å². The summed E-state index contributed by atoms with van der Waals surface area (Å²) in [5.41, 5.74) is 3.87. The molecule has 3 heterocycles. The van der Waals surface area contributed by atoms with Gasteiger partial charge < -0.3 is 15.2 Å². The lowest BCUT2D eigenvalue weighted by Gasteiger charge is -2.26. The van der Waals surface area contributed by atoms with Gasteiger partial charge >= 0.3 is 0 Å². The zero-order chi connectivity index (χ0) is 25.3. The number of carbonyl (C=O) groups is 1. The maximum atomic E-state index is 12.2. The van der Waals surface area contributed by atoms with Crippen molar-refractivity contribution in [2.75, 3.05) is 36.6 Å². The van der Waals surface area contributed by atoms with Gasteiger partial charge in [0.05, 0.1) is 23.2 Å². The van der Waals surface area contributed by atoms with Crippen LogP contribution in [0.2, 0.25) is 0 Å². The monoisotopic (exact) mass is 489 g/mol. The van der Waals surface area contributed by atoms with Gasteiger partial charge in [-0.15, -0.1) is 0 Å². The summed E-state index contributed by atoms with van der Waals surface area (Å²) in [6.45, 7) is 0. The molecular weight excluding hydrogens is 466 g/mol. The molecule has 0 saturated carbocycles. The first-order valence-corrected chi connectivity index (χ1v) is 12.4. The molecule has 0 aliphatic heterocycles. The van der Waals surface area contributed by atoms with E-state index in [0.29, 0.717) is 39.2 Å². The molecule has 3 aromatic heterocycles. The molecule has 11 heteroatoms. The van der Waals surface area contributed by atoms with Crippen LogP contribution >= 0.6 is 0 Å². The molecule has 0 radical (unpaired) electrons. The van der Waals surface area contributed by atoms with Crippen LogP contribution in [0.5, 0.6) is 0 Å². The third-order valence-corrected chi connectivity index (χ3v) is 6.84. The van der Waals surface area contributed by atoms with E-state index in [4.69, 9.17) is 0 Å². The summed E-state index contributed by atoms with van der Waals surface area (Å²) < 4.78 is 25.5. The summed E-state index contributed by atoms with van der Waals surface area (Å²) in [4.78, 5) is 25.7. The van der Waals surface area contributed by atoms with Crippen molar-refractivity contribution < 1.29 is 13.2 Å². The number of amides is 1. The number of hydrogen-bond donors (Lipinski definition) is 2. The second-order valence-corrected chi connectivity index (χ2v) is 9.89. The Morgan fingerprint density at radius 2 is 1.91 bits per heavy atom. The Labute approximate surface area is 202 Å². The zero-order valence-electron chi connectivity index (χ0n) is 19.6. The van der Waals surface area contributed by atoms with Gasteiger partial charge in [0.15, 0.2) is 5.82 Å². The first kappa shape index (κ1) is 23.7. The van der Waals surface area contributed by atoms with Gasteiger partial charge in [0.25, 0.3) is 5.91 Å². The Morgan fingerprint density at radius 1 is 1.14 bits per heavy atom. The number of nitrogens with one attached hydrogen (secondary N) is 2. The molecule has 0 atom stereocenters. The smallest absolute Gasteiger partial charge is 0.251 e. The van der Waals surface area contributed by atoms with Gasteiger partial charge in [-0.2, -0.15) is 5.26 Å². The minimum absolute atomic E-state index is 0.202. The number of sulfonamides is 1. The predicted molar refractivity (Wildman–Crippen MR) is 135 cm³/mol. The lowest BCUT2D eigenvalue weighted by Crippen LogP contribution is -2.28. The van der Waals surface area contributed by atoms with E-state index in [1.54, 1.807) is 49.3 Å². The van der Waals surface area contributed by atoms with Crippen molar-refractivity contribution in [1.29, 1.82) is 5.26 Å². The number of benzene rings is 1. The fraction of sp³-hybridized carbons (Fsp3) is 0.167. The average Bonchev–Trinajstić information content (AvgIpc) is 3.30. The van der Waals surface area contributed by atoms with E-state index in [1.807, 2.05) is 12.1 Å². The number of fused-ring (bicyclic) bond motifs is 1. The largest absolute Gasteiger partial charge is 0.355 e. The van der Waals surface area contributed by atoms with E-state index in [0.717, 1.165) is 16.1 Å². The van der Waals surface area contributed by atoms with E-state index >= 15 is 0 Å². The molecule has 1 amide bonds. The van der Waals surface area contributed by atoms with Crippen molar-refractivity contribution in [3.8, 4) is 17.3 Å². The molecule has 0 fully saturated rings. The van der Waals surface area contributed by atoms with E-state index in [-0.39, 0.29) is 11.7 Å². The van der Waals surface area contributed by atoms with Crippen LogP contribution in [0.3, 0.4) is 0 Å². The minimum Gasteiger partial charge on any atom is -0.355 e. The van der Waals surface area contributed by atoms with E-state index in [2.05, 4.69) is 26.3 Å². The molecule has 4 aromatic rings. The predicted octanol–water partition coefficient (Wildman–Crippen LogP) is 3.02. The number of aromatic amines is 1. The third-order valence-electron chi connectivity index (χ3n) is 5.67. The normalized spacial score (nSPS) is 11.2. The Kier molecular flexibility index (Phi) is 6.15. The fourth-order valence-corrected chi connectivity index (χ4v) is 4.26. The summed E-state index contributed by atoms with van der Waals surface area (Å²) >= 11 is 0. The number of nitriles is 1. The number of anilines is 3. The van der Waals surface area contributed by atoms with Gasteiger partial charge in [-0.25, -0.2) is 18.4 Å². The van der Waals surface area contributed by atoms with Crippen LogP contribution in [0.4, 0.5) is 17.2 Å². The van der Waals surface area contributed by atoms with Gasteiger partial charge in [-0.05, 0) is 35.9 Å². The highest BCUT2D eigenvalue weighted by Gasteiger charge is 2.23. The van der Waals surface area contributed by atoms with Gasteiger partial charge in [0, 0.05) is 50.2 Å². The molecule has 10 nitrogen and oxygen atoms in total. The molecular formula is C24H23N7O3S. The maximum absolute atomic E-state index is 12.2. The lowest BCUT2D eigenvalue weighted by molar-refractivity contribution is 0.0963. The molecule has 35 heavy (non-hydrogen) atoms. The van der Waals surface area contributed by atoms with Crippen molar-refractivity contribution in [1.82, 2.24) is 20.3 Å². The number of hydrogen-bond acceptors (Lipinski definition) is 7. The van der Waals surface area contributed by atoms with Gasteiger partial charge in [-0.3, -0.25) is 9.10 Å². The average molecular weight is 490 g/mol. The SMILES string of the molecule is CNC(=O)c1cccc(-c2cc3c(N(C)c4cccnc4N(C)S(C)(=O)=O)c(C#N)cnc3[nH]2)c1. The van der Waals surface area contributed by atoms with Crippen molar-refractivity contribution in [2.24, 2.45) is 0 Å². The standard InChI is InChI=1S/C24H23N7O3S/c1-26-24(32)16-8-5-7-15(11-16)19-12-18-21(17(13-25)14-28-22(18)29-19)30(2)20-9-6-10-27-23(20)31(3)35(4,33)34/h5-12,14H,1-4H3,(H,26,32)(H,28,29). The van der Waals surface area contributed by atoms with Crippen LogP contribution in [0.15, 0.2) is 54.9 Å². The highest BCUT2D eigenvalue weighted by atomic mass is 32.2. The molecule has 0 saturated heterocycles. The van der Waals surface area contributed by atoms with Crippen LogP contribution in [-0.4, -0.2) is 56.7 Å². The van der Waals surface area contributed by atoms with Crippen molar-refractivity contribution in [3.05, 3.63) is 66.0 Å². The summed E-state index contributed by atoms with van der Waals surface area (Å²) in [5, 5.41) is 13.1. The van der Waals surface area contributed by atoms with Crippen molar-refractivity contribution in [3.63, 3.8) is 0 Å². The van der Waals surface area contributed by atoms with Crippen LogP contribution in [0, 0.1) is 11.3 Å². The van der Waals surface area contributed by atoms with Gasteiger partial charge in [-0.1, -0.05) is 12.1 Å². The molecule has 0 spiro atoms. The van der Waals surface area contributed by atoms with Crippen LogP contribution < -0.4 is 14.5 Å². The number of pyridine rings is 2. The number of aromatic nitrogens is 3. The topological polar surface area (TPSA) is 135 Å². The van der Waals surface area contributed by atoms with E-state index < -0.39 is 10.0 Å². The Morgan fingerprint density at radius 3 is 2.60 bits per heavy atom. The number of rotatable bonds is 6. The number of nitrogens with zero attached hydrogens (tertiary/aromatic N) is 5. The Balaban J connectivity index is 1.89. The summed E-state index contributed by atoms with van der Waals surface area (Å²) in [5.74, 6) is 0.0211. The molecule has 0 bridgehead atoms. The second-order valence-electron chi connectivity index (χ2n) is 7.87. The van der Waals surface area contributed by atoms with E-state index in [1.165, 1.54) is 19.4 Å². The highest BCUT2D eigenvalue weighted by Crippen LogP contribution is 2.38. The summed E-state index contributed by atoms with van der Waals surface area (Å²) in [7, 11) is 1.17. The fourth-order valence-electron chi connectivity index (χ4n) is 3.80. The van der Waals surface area contributed by atoms with Crippen molar-refractivity contribution >= 4 is 44.2 Å². The van der Waals surface area contributed by atoms with Crippen LogP contribution in [-0.2, 0) is 10.0 Å². The minimum atomic E-state index is -3.57. The molecule has 1 aromatic carbocycles. The quantitative estimate of drug-likeness (QED) is 0.425. The molecule has 0 aliphatic rings. The summed E-state index contributed by atoms with van der Waals surface area (Å²) in [6, 6.07) is 14.6. The maximum Gasteiger partial charge on any atom is 0.251 e. The molecule has 0 aliphatic carbocycles. The van der Waals surface area contributed by atoms with Gasteiger partial charge in [0.2, 0.25) is 10.0 Å². The zero-order valence-corrected chi connectivity index (χ0v) is 20.4. The Bertz CT molecular complexity index is 1590. The second kappa shape index (κ2) is 9.08. The lowest BCUT2D eigenvalue weighted by atomic mass is 10.1. The third kappa shape index (κ3) is 4.39. The first-order valence-electron chi connectivity index (χ1n) is 10.5. The molecule has 0 unspecified atom stereocenters. The molecule has 4 rings (SSSR count). The first-order chi connectivity index (χ1) is 16.7. The highest BCUT2D eigenvalue weighted by molar-refractivity contribution is 7.92. The Hall–Kier alpha value is -4.43. The van der Waals surface area contributed by atoms with Crippen molar-refractivity contribution in [2.45, 2.75) is 0 Å². The molecule has 178 valence electrons. The number of H-pyrrole nitrogens is 1. The van der Waals surface area contributed by atoms with E-state index in [9.17, 15) is 18.5 Å². The van der Waals surface area contributed by atoms with Gasteiger partial charge in [0.1, 0.15) is 11.7 Å². The number of carbonyl (C=O) groups excluding carboxylic acids is 1. The molecule has 2 N–H and O–H groups in total.